The van der Waals surface area contributed by atoms with Gasteiger partial charge in [0.05, 0.1) is 5.92 Å². The Morgan fingerprint density at radius 2 is 1.62 bits per heavy atom. The van der Waals surface area contributed by atoms with Gasteiger partial charge in [0.2, 0.25) is 5.91 Å². The van der Waals surface area contributed by atoms with Gasteiger partial charge in [-0.3, -0.25) is 4.79 Å². The number of benzene rings is 3. The molecule has 0 spiro atoms. The maximum absolute atomic E-state index is 13.9. The Bertz CT molecular complexity index is 964. The van der Waals surface area contributed by atoms with Crippen LogP contribution in [0.2, 0.25) is 0 Å². The van der Waals surface area contributed by atoms with E-state index in [4.69, 9.17) is 0 Å². The molecule has 0 saturated carbocycles. The molecule has 0 bridgehead atoms. The molecule has 148 valence electrons. The highest BCUT2D eigenvalue weighted by atomic mass is 19.1. The Kier molecular flexibility index (Phi) is 6.96. The highest BCUT2D eigenvalue weighted by Gasteiger charge is 2.25. The van der Waals surface area contributed by atoms with Crippen LogP contribution >= 0.6 is 0 Å². The van der Waals surface area contributed by atoms with Crippen molar-refractivity contribution in [2.45, 2.75) is 26.3 Å². The number of halogens is 1. The Hall–Kier alpha value is -3.20. The van der Waals surface area contributed by atoms with Crippen LogP contribution in [0, 0.1) is 18.7 Å². The number of amides is 1. The van der Waals surface area contributed by atoms with Crippen molar-refractivity contribution in [1.29, 1.82) is 0 Å². The maximum atomic E-state index is 13.9. The first-order valence-corrected chi connectivity index (χ1v) is 9.85. The molecular formula is C26H26FNO. The van der Waals surface area contributed by atoms with Gasteiger partial charge in [-0.2, -0.15) is 0 Å². The smallest absolute Gasteiger partial charge is 0.228 e. The summed E-state index contributed by atoms with van der Waals surface area (Å²) in [7, 11) is 0. The van der Waals surface area contributed by atoms with Crippen LogP contribution in [0.5, 0.6) is 0 Å². The van der Waals surface area contributed by atoms with Crippen molar-refractivity contribution in [3.63, 3.8) is 0 Å². The summed E-state index contributed by atoms with van der Waals surface area (Å²) in [5.41, 5.74) is 3.67. The minimum absolute atomic E-state index is 0.0385. The summed E-state index contributed by atoms with van der Waals surface area (Å²) in [6.45, 7) is 4.49. The largest absolute Gasteiger partial charge is 0.351 e. The lowest BCUT2D eigenvalue weighted by Crippen LogP contribution is -2.32. The summed E-state index contributed by atoms with van der Waals surface area (Å²) in [6, 6.07) is 24.5. The van der Waals surface area contributed by atoms with E-state index >= 15 is 0 Å². The quantitative estimate of drug-likeness (QED) is 0.539. The van der Waals surface area contributed by atoms with E-state index < -0.39 is 0 Å². The molecule has 1 amide bonds. The minimum Gasteiger partial charge on any atom is -0.351 e. The van der Waals surface area contributed by atoms with Crippen LogP contribution in [0.1, 0.15) is 35.1 Å². The molecule has 0 unspecified atom stereocenters. The molecule has 0 aliphatic rings. The van der Waals surface area contributed by atoms with E-state index in [2.05, 4.69) is 5.32 Å². The van der Waals surface area contributed by atoms with Crippen molar-refractivity contribution in [3.05, 3.63) is 113 Å². The molecule has 0 fully saturated rings. The summed E-state index contributed by atoms with van der Waals surface area (Å²) >= 11 is 0. The number of rotatable bonds is 7. The zero-order valence-corrected chi connectivity index (χ0v) is 16.8. The number of hydrogen-bond acceptors (Lipinski definition) is 1. The van der Waals surface area contributed by atoms with Gasteiger partial charge < -0.3 is 5.32 Å². The number of allylic oxidation sites excluding steroid dienone is 1. The van der Waals surface area contributed by atoms with E-state index in [0.29, 0.717) is 12.1 Å². The van der Waals surface area contributed by atoms with Gasteiger partial charge in [0, 0.05) is 12.1 Å². The zero-order chi connectivity index (χ0) is 20.6. The van der Waals surface area contributed by atoms with Gasteiger partial charge in [0.25, 0.3) is 0 Å². The average molecular weight is 387 g/mol. The van der Waals surface area contributed by atoms with Crippen LogP contribution in [-0.4, -0.2) is 5.91 Å². The lowest BCUT2D eigenvalue weighted by atomic mass is 9.85. The molecule has 0 aliphatic carbocycles. The fraction of sp³-hybridized carbons (Fsp3) is 0.192. The van der Waals surface area contributed by atoms with Crippen molar-refractivity contribution in [2.24, 2.45) is 5.92 Å². The van der Waals surface area contributed by atoms with Crippen LogP contribution < -0.4 is 5.32 Å². The summed E-state index contributed by atoms with van der Waals surface area (Å²) in [4.78, 5) is 13.1. The third-order valence-corrected chi connectivity index (χ3v) is 5.04. The molecule has 0 radical (unpaired) electrons. The molecule has 0 aliphatic heterocycles. The van der Waals surface area contributed by atoms with Gasteiger partial charge >= 0.3 is 0 Å². The second-order valence-corrected chi connectivity index (χ2v) is 7.33. The predicted octanol–water partition coefficient (Wildman–Crippen LogP) is 5.88. The molecule has 2 nitrogen and oxygen atoms in total. The Labute approximate surface area is 172 Å². The fourth-order valence-corrected chi connectivity index (χ4v) is 3.34. The van der Waals surface area contributed by atoms with Crippen molar-refractivity contribution >= 4 is 12.0 Å². The van der Waals surface area contributed by atoms with Crippen LogP contribution in [0.3, 0.4) is 0 Å². The summed E-state index contributed by atoms with van der Waals surface area (Å²) in [5, 5.41) is 3.06. The highest BCUT2D eigenvalue weighted by molar-refractivity contribution is 5.84. The third kappa shape index (κ3) is 5.64. The summed E-state index contributed by atoms with van der Waals surface area (Å²) in [6.07, 6.45) is 3.66. The van der Waals surface area contributed by atoms with Gasteiger partial charge in [0.15, 0.2) is 0 Å². The van der Waals surface area contributed by atoms with E-state index in [9.17, 15) is 9.18 Å². The normalized spacial score (nSPS) is 13.2. The lowest BCUT2D eigenvalue weighted by molar-refractivity contribution is -0.123. The number of nitrogens with one attached hydrogen (secondary N) is 1. The van der Waals surface area contributed by atoms with Crippen LogP contribution in [-0.2, 0) is 11.3 Å². The molecule has 2 atom stereocenters. The second kappa shape index (κ2) is 9.83. The molecule has 3 aromatic rings. The third-order valence-electron chi connectivity index (χ3n) is 5.04. The topological polar surface area (TPSA) is 29.1 Å². The molecule has 0 saturated heterocycles. The van der Waals surface area contributed by atoms with Crippen LogP contribution in [0.4, 0.5) is 4.39 Å². The molecular weight excluding hydrogens is 361 g/mol. The van der Waals surface area contributed by atoms with E-state index in [-0.39, 0.29) is 23.6 Å². The van der Waals surface area contributed by atoms with Crippen molar-refractivity contribution in [3.8, 4) is 0 Å². The average Bonchev–Trinajstić information content (AvgIpc) is 2.74. The van der Waals surface area contributed by atoms with Gasteiger partial charge in [-0.25, -0.2) is 4.39 Å². The lowest BCUT2D eigenvalue weighted by Gasteiger charge is -2.22. The molecule has 0 aromatic heterocycles. The van der Waals surface area contributed by atoms with Gasteiger partial charge in [-0.1, -0.05) is 97.4 Å². The SMILES string of the molecule is Cc1ccc([C@@H](C(=O)NCc2ccccc2)[C@@H](C)/C=C/c2ccccc2F)cc1. The Morgan fingerprint density at radius 1 is 0.966 bits per heavy atom. The summed E-state index contributed by atoms with van der Waals surface area (Å²) < 4.78 is 13.9. The predicted molar refractivity (Wildman–Crippen MR) is 117 cm³/mol. The first-order valence-electron chi connectivity index (χ1n) is 9.85. The van der Waals surface area contributed by atoms with Crippen molar-refractivity contribution < 1.29 is 9.18 Å². The molecule has 3 heteroatoms. The Balaban J connectivity index is 1.81. The Morgan fingerprint density at radius 3 is 2.31 bits per heavy atom. The second-order valence-electron chi connectivity index (χ2n) is 7.33. The minimum atomic E-state index is -0.359. The first kappa shape index (κ1) is 20.5. The molecule has 3 rings (SSSR count). The van der Waals surface area contributed by atoms with E-state index in [1.165, 1.54) is 6.07 Å². The summed E-state index contributed by atoms with van der Waals surface area (Å²) in [5.74, 6) is -0.768. The number of carbonyl (C=O) groups excluding carboxylic acids is 1. The highest BCUT2D eigenvalue weighted by Crippen LogP contribution is 2.27. The van der Waals surface area contributed by atoms with Gasteiger partial charge in [0.1, 0.15) is 5.82 Å². The van der Waals surface area contributed by atoms with Crippen molar-refractivity contribution in [2.75, 3.05) is 0 Å². The number of hydrogen-bond donors (Lipinski definition) is 1. The number of carbonyl (C=O) groups is 1. The van der Waals surface area contributed by atoms with Crippen molar-refractivity contribution in [1.82, 2.24) is 5.32 Å². The zero-order valence-electron chi connectivity index (χ0n) is 16.8. The van der Waals surface area contributed by atoms with E-state index in [0.717, 1.165) is 16.7 Å². The van der Waals surface area contributed by atoms with E-state index in [1.807, 2.05) is 74.5 Å². The number of aryl methyl sites for hydroxylation is 1. The first-order chi connectivity index (χ1) is 14.0. The van der Waals surface area contributed by atoms with Crippen LogP contribution in [0.15, 0.2) is 84.9 Å². The molecule has 1 N–H and O–H groups in total. The van der Waals surface area contributed by atoms with Gasteiger partial charge in [-0.15, -0.1) is 0 Å². The molecule has 3 aromatic carbocycles. The molecule has 0 heterocycles. The molecule has 29 heavy (non-hydrogen) atoms. The standard InChI is InChI=1S/C26H26FNO/c1-19-12-15-23(16-13-19)25(26(29)28-18-21-8-4-3-5-9-21)20(2)14-17-22-10-6-7-11-24(22)27/h3-17,20,25H,18H2,1-2H3,(H,28,29)/b17-14+/t20-,25-/m0/s1. The fourth-order valence-electron chi connectivity index (χ4n) is 3.34. The van der Waals surface area contributed by atoms with Crippen LogP contribution in [0.25, 0.3) is 6.08 Å². The van der Waals surface area contributed by atoms with Gasteiger partial charge in [-0.05, 0) is 30.0 Å². The van der Waals surface area contributed by atoms with E-state index in [1.54, 1.807) is 24.3 Å². The monoisotopic (exact) mass is 387 g/mol. The maximum Gasteiger partial charge on any atom is 0.228 e.